The van der Waals surface area contributed by atoms with Gasteiger partial charge in [-0.15, -0.1) is 0 Å². The standard InChI is InChI=1S/C15H25N3O2S/c1-3-13-6-4-5-7-14(13)18-21(19,20)15-9-8-12(10-16-2)11-17-15/h8-9,11,13-14,16,18H,3-7,10H2,1-2H3. The molecule has 1 aliphatic rings. The second-order valence-corrected chi connectivity index (χ2v) is 7.38. The molecule has 0 radical (unpaired) electrons. The predicted octanol–water partition coefficient (Wildman–Crippen LogP) is 2.05. The molecular formula is C15H25N3O2S. The molecule has 0 saturated heterocycles. The van der Waals surface area contributed by atoms with E-state index >= 15 is 0 Å². The first-order valence-electron chi connectivity index (χ1n) is 7.68. The van der Waals surface area contributed by atoms with Crippen LogP contribution in [0.5, 0.6) is 0 Å². The summed E-state index contributed by atoms with van der Waals surface area (Å²) in [7, 11) is -1.67. The second kappa shape index (κ2) is 7.33. The van der Waals surface area contributed by atoms with Crippen LogP contribution in [0, 0.1) is 5.92 Å². The molecule has 0 spiro atoms. The summed E-state index contributed by atoms with van der Waals surface area (Å²) in [5.74, 6) is 0.442. The van der Waals surface area contributed by atoms with Gasteiger partial charge in [-0.05, 0) is 37.4 Å². The van der Waals surface area contributed by atoms with E-state index in [4.69, 9.17) is 0 Å². The largest absolute Gasteiger partial charge is 0.316 e. The van der Waals surface area contributed by atoms with Crippen molar-refractivity contribution in [2.45, 2.75) is 56.6 Å². The molecule has 0 amide bonds. The Labute approximate surface area is 127 Å². The molecule has 2 N–H and O–H groups in total. The summed E-state index contributed by atoms with van der Waals surface area (Å²) >= 11 is 0. The van der Waals surface area contributed by atoms with E-state index in [1.54, 1.807) is 18.3 Å². The zero-order valence-electron chi connectivity index (χ0n) is 12.8. The summed E-state index contributed by atoms with van der Waals surface area (Å²) in [4.78, 5) is 4.09. The first-order chi connectivity index (χ1) is 10.1. The van der Waals surface area contributed by atoms with E-state index in [0.29, 0.717) is 12.5 Å². The zero-order valence-corrected chi connectivity index (χ0v) is 13.6. The maximum atomic E-state index is 12.4. The van der Waals surface area contributed by atoms with Crippen LogP contribution in [0.4, 0.5) is 0 Å². The monoisotopic (exact) mass is 311 g/mol. The number of nitrogens with zero attached hydrogens (tertiary/aromatic N) is 1. The SMILES string of the molecule is CCC1CCCCC1NS(=O)(=O)c1ccc(CNC)cn1. The van der Waals surface area contributed by atoms with E-state index < -0.39 is 10.0 Å². The average molecular weight is 311 g/mol. The molecule has 1 fully saturated rings. The van der Waals surface area contributed by atoms with Crippen molar-refractivity contribution in [3.05, 3.63) is 23.9 Å². The Morgan fingerprint density at radius 1 is 1.29 bits per heavy atom. The molecular weight excluding hydrogens is 286 g/mol. The van der Waals surface area contributed by atoms with Gasteiger partial charge >= 0.3 is 0 Å². The highest BCUT2D eigenvalue weighted by atomic mass is 32.2. The van der Waals surface area contributed by atoms with Gasteiger partial charge in [-0.3, -0.25) is 0 Å². The van der Waals surface area contributed by atoms with E-state index in [0.717, 1.165) is 31.2 Å². The maximum Gasteiger partial charge on any atom is 0.258 e. The van der Waals surface area contributed by atoms with Crippen molar-refractivity contribution in [2.75, 3.05) is 7.05 Å². The van der Waals surface area contributed by atoms with Gasteiger partial charge in [0.15, 0.2) is 5.03 Å². The number of nitrogens with one attached hydrogen (secondary N) is 2. The molecule has 1 aromatic rings. The van der Waals surface area contributed by atoms with Crippen molar-refractivity contribution in [1.82, 2.24) is 15.0 Å². The van der Waals surface area contributed by atoms with E-state index in [2.05, 4.69) is 21.9 Å². The number of rotatable bonds is 6. The van der Waals surface area contributed by atoms with Gasteiger partial charge in [0.1, 0.15) is 0 Å². The quantitative estimate of drug-likeness (QED) is 0.843. The van der Waals surface area contributed by atoms with Crippen molar-refractivity contribution >= 4 is 10.0 Å². The second-order valence-electron chi connectivity index (χ2n) is 5.72. The van der Waals surface area contributed by atoms with Crippen LogP contribution in [-0.2, 0) is 16.6 Å². The smallest absolute Gasteiger partial charge is 0.258 e. The maximum absolute atomic E-state index is 12.4. The molecule has 0 aromatic carbocycles. The Bertz CT molecular complexity index is 543. The van der Waals surface area contributed by atoms with Gasteiger partial charge in [0.2, 0.25) is 0 Å². The highest BCUT2D eigenvalue weighted by Crippen LogP contribution is 2.27. The van der Waals surface area contributed by atoms with Crippen LogP contribution < -0.4 is 10.0 Å². The Kier molecular flexibility index (Phi) is 5.72. The molecule has 0 aliphatic heterocycles. The summed E-state index contributed by atoms with van der Waals surface area (Å²) in [6.45, 7) is 2.81. The third-order valence-electron chi connectivity index (χ3n) is 4.19. The lowest BCUT2D eigenvalue weighted by molar-refractivity contribution is 0.282. The molecule has 2 atom stereocenters. The fourth-order valence-electron chi connectivity index (χ4n) is 2.99. The normalized spacial score (nSPS) is 23.1. The fourth-order valence-corrected chi connectivity index (χ4v) is 4.26. The first-order valence-corrected chi connectivity index (χ1v) is 9.17. The predicted molar refractivity (Wildman–Crippen MR) is 83.4 cm³/mol. The molecule has 118 valence electrons. The van der Waals surface area contributed by atoms with E-state index in [-0.39, 0.29) is 11.1 Å². The highest BCUT2D eigenvalue weighted by molar-refractivity contribution is 7.89. The molecule has 5 nitrogen and oxygen atoms in total. The third-order valence-corrected chi connectivity index (χ3v) is 5.60. The van der Waals surface area contributed by atoms with Crippen LogP contribution in [0.15, 0.2) is 23.4 Å². The van der Waals surface area contributed by atoms with Crippen LogP contribution in [0.1, 0.15) is 44.6 Å². The van der Waals surface area contributed by atoms with Crippen molar-refractivity contribution in [2.24, 2.45) is 5.92 Å². The van der Waals surface area contributed by atoms with Gasteiger partial charge in [-0.2, -0.15) is 0 Å². The zero-order chi connectivity index (χ0) is 15.3. The molecule has 2 unspecified atom stereocenters. The van der Waals surface area contributed by atoms with Crippen molar-refractivity contribution in [1.29, 1.82) is 0 Å². The number of hydrogen-bond acceptors (Lipinski definition) is 4. The van der Waals surface area contributed by atoms with Gasteiger partial charge in [0.25, 0.3) is 10.0 Å². The molecule has 1 aromatic heterocycles. The van der Waals surface area contributed by atoms with Crippen LogP contribution in [-0.4, -0.2) is 26.5 Å². The van der Waals surface area contributed by atoms with E-state index in [9.17, 15) is 8.42 Å². The lowest BCUT2D eigenvalue weighted by atomic mass is 9.83. The summed E-state index contributed by atoms with van der Waals surface area (Å²) in [5.41, 5.74) is 0.973. The molecule has 0 bridgehead atoms. The summed E-state index contributed by atoms with van der Waals surface area (Å²) in [6, 6.07) is 3.43. The van der Waals surface area contributed by atoms with Crippen LogP contribution in [0.3, 0.4) is 0 Å². The van der Waals surface area contributed by atoms with Crippen molar-refractivity contribution in [3.8, 4) is 0 Å². The highest BCUT2D eigenvalue weighted by Gasteiger charge is 2.28. The van der Waals surface area contributed by atoms with E-state index in [1.807, 2.05) is 7.05 Å². The lowest BCUT2D eigenvalue weighted by Gasteiger charge is -2.31. The minimum Gasteiger partial charge on any atom is -0.316 e. The van der Waals surface area contributed by atoms with Gasteiger partial charge in [-0.25, -0.2) is 18.1 Å². The van der Waals surface area contributed by atoms with Gasteiger partial charge in [0.05, 0.1) is 0 Å². The lowest BCUT2D eigenvalue weighted by Crippen LogP contribution is -2.42. The summed E-state index contributed by atoms with van der Waals surface area (Å²) in [6.07, 6.45) is 6.96. The van der Waals surface area contributed by atoms with Gasteiger partial charge in [-0.1, -0.05) is 32.3 Å². The fraction of sp³-hybridized carbons (Fsp3) is 0.667. The minimum atomic E-state index is -3.52. The summed E-state index contributed by atoms with van der Waals surface area (Å²) in [5, 5.41) is 3.13. The third kappa shape index (κ3) is 4.25. The van der Waals surface area contributed by atoms with Gasteiger partial charge in [0, 0.05) is 18.8 Å². The van der Waals surface area contributed by atoms with E-state index in [1.165, 1.54) is 6.42 Å². The Morgan fingerprint density at radius 3 is 2.67 bits per heavy atom. The first kappa shape index (κ1) is 16.4. The van der Waals surface area contributed by atoms with Crippen molar-refractivity contribution in [3.63, 3.8) is 0 Å². The molecule has 21 heavy (non-hydrogen) atoms. The molecule has 1 aliphatic carbocycles. The number of sulfonamides is 1. The van der Waals surface area contributed by atoms with Crippen molar-refractivity contribution < 1.29 is 8.42 Å². The molecule has 2 rings (SSSR count). The number of aromatic nitrogens is 1. The average Bonchev–Trinajstić information content (AvgIpc) is 2.48. The van der Waals surface area contributed by atoms with Crippen LogP contribution in [0.2, 0.25) is 0 Å². The molecule has 1 saturated carbocycles. The Balaban J connectivity index is 2.10. The Hall–Kier alpha value is -0.980. The van der Waals surface area contributed by atoms with Crippen LogP contribution >= 0.6 is 0 Å². The molecule has 1 heterocycles. The van der Waals surface area contributed by atoms with Gasteiger partial charge < -0.3 is 5.32 Å². The number of pyridine rings is 1. The topological polar surface area (TPSA) is 71.1 Å². The minimum absolute atomic E-state index is 0.0486. The summed E-state index contributed by atoms with van der Waals surface area (Å²) < 4.78 is 27.7. The molecule has 6 heteroatoms. The number of hydrogen-bond donors (Lipinski definition) is 2. The Morgan fingerprint density at radius 2 is 2.05 bits per heavy atom. The van der Waals surface area contributed by atoms with Crippen LogP contribution in [0.25, 0.3) is 0 Å².